The van der Waals surface area contributed by atoms with Gasteiger partial charge in [-0.2, -0.15) is 0 Å². The summed E-state index contributed by atoms with van der Waals surface area (Å²) in [6.07, 6.45) is 2.31. The summed E-state index contributed by atoms with van der Waals surface area (Å²) in [7, 11) is 0. The average molecular weight is 278 g/mol. The van der Waals surface area contributed by atoms with Gasteiger partial charge in [0.15, 0.2) is 11.5 Å². The molecule has 4 heteroatoms. The van der Waals surface area contributed by atoms with Crippen LogP contribution < -0.4 is 15.2 Å². The molecule has 0 aliphatic carbocycles. The molecule has 0 spiro atoms. The fourth-order valence-electron chi connectivity index (χ4n) is 2.64. The SMILES string of the molecule is CCOc1ccccc1OCCN1CC(N)CCC1C. The monoisotopic (exact) mass is 278 g/mol. The molecular weight excluding hydrogens is 252 g/mol. The maximum absolute atomic E-state index is 6.03. The van der Waals surface area contributed by atoms with Crippen molar-refractivity contribution in [1.29, 1.82) is 0 Å². The Labute approximate surface area is 121 Å². The van der Waals surface area contributed by atoms with Crippen LogP contribution in [0.25, 0.3) is 0 Å². The fourth-order valence-corrected chi connectivity index (χ4v) is 2.64. The summed E-state index contributed by atoms with van der Waals surface area (Å²) in [6, 6.07) is 8.73. The van der Waals surface area contributed by atoms with Crippen molar-refractivity contribution >= 4 is 0 Å². The molecule has 0 bridgehead atoms. The van der Waals surface area contributed by atoms with Gasteiger partial charge in [0.2, 0.25) is 0 Å². The third-order valence-electron chi connectivity index (χ3n) is 3.83. The Kier molecular flexibility index (Phi) is 5.68. The zero-order valence-corrected chi connectivity index (χ0v) is 12.5. The van der Waals surface area contributed by atoms with Gasteiger partial charge in [0, 0.05) is 25.2 Å². The summed E-state index contributed by atoms with van der Waals surface area (Å²) < 4.78 is 11.4. The first-order valence-corrected chi connectivity index (χ1v) is 7.55. The summed E-state index contributed by atoms with van der Waals surface area (Å²) in [5, 5.41) is 0. The molecule has 1 fully saturated rings. The first-order chi connectivity index (χ1) is 9.70. The zero-order chi connectivity index (χ0) is 14.4. The average Bonchev–Trinajstić information content (AvgIpc) is 2.45. The van der Waals surface area contributed by atoms with Gasteiger partial charge >= 0.3 is 0 Å². The molecule has 4 nitrogen and oxygen atoms in total. The van der Waals surface area contributed by atoms with Crippen LogP contribution in [0.2, 0.25) is 0 Å². The van der Waals surface area contributed by atoms with Gasteiger partial charge in [0.05, 0.1) is 6.61 Å². The van der Waals surface area contributed by atoms with Crippen molar-refractivity contribution in [3.8, 4) is 11.5 Å². The zero-order valence-electron chi connectivity index (χ0n) is 12.5. The lowest BCUT2D eigenvalue weighted by Crippen LogP contribution is -2.48. The molecule has 0 radical (unpaired) electrons. The van der Waals surface area contributed by atoms with Gasteiger partial charge in [-0.05, 0) is 38.8 Å². The number of rotatable bonds is 6. The van der Waals surface area contributed by atoms with E-state index in [1.165, 1.54) is 6.42 Å². The minimum atomic E-state index is 0.307. The number of hydrogen-bond acceptors (Lipinski definition) is 4. The van der Waals surface area contributed by atoms with E-state index in [2.05, 4.69) is 11.8 Å². The van der Waals surface area contributed by atoms with Gasteiger partial charge in [-0.3, -0.25) is 4.90 Å². The van der Waals surface area contributed by atoms with Crippen molar-refractivity contribution in [3.63, 3.8) is 0 Å². The van der Waals surface area contributed by atoms with Gasteiger partial charge in [0.25, 0.3) is 0 Å². The maximum atomic E-state index is 6.03. The molecule has 2 rings (SSSR count). The van der Waals surface area contributed by atoms with E-state index >= 15 is 0 Å². The molecule has 20 heavy (non-hydrogen) atoms. The predicted octanol–water partition coefficient (Wildman–Crippen LogP) is 2.28. The van der Waals surface area contributed by atoms with Crippen LogP contribution in [0.1, 0.15) is 26.7 Å². The molecule has 0 amide bonds. The van der Waals surface area contributed by atoms with Gasteiger partial charge in [0.1, 0.15) is 6.61 Å². The number of hydrogen-bond donors (Lipinski definition) is 1. The maximum Gasteiger partial charge on any atom is 0.161 e. The van der Waals surface area contributed by atoms with E-state index < -0.39 is 0 Å². The second-order valence-electron chi connectivity index (χ2n) is 5.41. The highest BCUT2D eigenvalue weighted by Gasteiger charge is 2.22. The lowest BCUT2D eigenvalue weighted by atomic mass is 10.0. The van der Waals surface area contributed by atoms with Crippen molar-refractivity contribution in [3.05, 3.63) is 24.3 Å². The number of benzene rings is 1. The van der Waals surface area contributed by atoms with Crippen LogP contribution in [0, 0.1) is 0 Å². The Hall–Kier alpha value is -1.26. The van der Waals surface area contributed by atoms with E-state index in [0.717, 1.165) is 31.0 Å². The van der Waals surface area contributed by atoms with Gasteiger partial charge in [-0.1, -0.05) is 12.1 Å². The predicted molar refractivity (Wildman–Crippen MR) is 81.4 cm³/mol. The van der Waals surface area contributed by atoms with Crippen molar-refractivity contribution < 1.29 is 9.47 Å². The van der Waals surface area contributed by atoms with Crippen molar-refractivity contribution in [2.45, 2.75) is 38.8 Å². The molecule has 1 aromatic carbocycles. The van der Waals surface area contributed by atoms with E-state index in [-0.39, 0.29) is 0 Å². The van der Waals surface area contributed by atoms with Gasteiger partial charge in [-0.25, -0.2) is 0 Å². The molecule has 0 saturated carbocycles. The Balaban J connectivity index is 1.83. The first-order valence-electron chi connectivity index (χ1n) is 7.55. The second-order valence-corrected chi connectivity index (χ2v) is 5.41. The van der Waals surface area contributed by atoms with Crippen molar-refractivity contribution in [1.82, 2.24) is 4.90 Å². The molecule has 1 saturated heterocycles. The largest absolute Gasteiger partial charge is 0.490 e. The summed E-state index contributed by atoms with van der Waals surface area (Å²) in [4.78, 5) is 2.41. The Morgan fingerprint density at radius 3 is 2.60 bits per heavy atom. The third kappa shape index (κ3) is 4.12. The number of nitrogens with two attached hydrogens (primary N) is 1. The topological polar surface area (TPSA) is 47.7 Å². The van der Waals surface area contributed by atoms with Gasteiger partial charge < -0.3 is 15.2 Å². The molecule has 1 heterocycles. The molecule has 1 aromatic rings. The third-order valence-corrected chi connectivity index (χ3v) is 3.83. The van der Waals surface area contributed by atoms with Crippen LogP contribution in [0.3, 0.4) is 0 Å². The minimum absolute atomic E-state index is 0.307. The van der Waals surface area contributed by atoms with E-state index in [1.807, 2.05) is 31.2 Å². The summed E-state index contributed by atoms with van der Waals surface area (Å²) >= 11 is 0. The summed E-state index contributed by atoms with van der Waals surface area (Å²) in [6.45, 7) is 7.44. The highest BCUT2D eigenvalue weighted by molar-refractivity contribution is 5.39. The lowest BCUT2D eigenvalue weighted by Gasteiger charge is -2.36. The van der Waals surface area contributed by atoms with Crippen LogP contribution in [-0.2, 0) is 0 Å². The Morgan fingerprint density at radius 2 is 1.90 bits per heavy atom. The minimum Gasteiger partial charge on any atom is -0.490 e. The van der Waals surface area contributed by atoms with Crippen LogP contribution in [-0.4, -0.2) is 43.3 Å². The van der Waals surface area contributed by atoms with Crippen LogP contribution in [0.4, 0.5) is 0 Å². The number of nitrogens with zero attached hydrogens (tertiary/aromatic N) is 1. The van der Waals surface area contributed by atoms with Crippen molar-refractivity contribution in [2.24, 2.45) is 5.73 Å². The quantitative estimate of drug-likeness (QED) is 0.867. The highest BCUT2D eigenvalue weighted by atomic mass is 16.5. The van der Waals surface area contributed by atoms with Gasteiger partial charge in [-0.15, -0.1) is 0 Å². The number of likely N-dealkylation sites (tertiary alicyclic amines) is 1. The number of para-hydroxylation sites is 2. The molecule has 1 aliphatic heterocycles. The summed E-state index contributed by atoms with van der Waals surface area (Å²) in [5.41, 5.74) is 6.03. The van der Waals surface area contributed by atoms with Crippen LogP contribution >= 0.6 is 0 Å². The van der Waals surface area contributed by atoms with E-state index in [4.69, 9.17) is 15.2 Å². The Morgan fingerprint density at radius 1 is 1.20 bits per heavy atom. The summed E-state index contributed by atoms with van der Waals surface area (Å²) in [5.74, 6) is 1.64. The molecule has 112 valence electrons. The number of ether oxygens (including phenoxy) is 2. The Bertz CT molecular complexity index is 411. The molecular formula is C16H26N2O2. The second kappa shape index (κ2) is 7.50. The molecule has 2 unspecified atom stereocenters. The normalized spacial score (nSPS) is 23.6. The van der Waals surface area contributed by atoms with Crippen molar-refractivity contribution in [2.75, 3.05) is 26.3 Å². The van der Waals surface area contributed by atoms with E-state index in [1.54, 1.807) is 0 Å². The molecule has 1 aliphatic rings. The first kappa shape index (κ1) is 15.1. The van der Waals surface area contributed by atoms with E-state index in [0.29, 0.717) is 25.3 Å². The molecule has 2 atom stereocenters. The molecule has 0 aromatic heterocycles. The molecule has 2 N–H and O–H groups in total. The fraction of sp³-hybridized carbons (Fsp3) is 0.625. The lowest BCUT2D eigenvalue weighted by molar-refractivity contribution is 0.120. The van der Waals surface area contributed by atoms with Crippen LogP contribution in [0.15, 0.2) is 24.3 Å². The standard InChI is InChI=1S/C16H26N2O2/c1-3-19-15-6-4-5-7-16(15)20-11-10-18-12-14(17)9-8-13(18)2/h4-7,13-14H,3,8-12,17H2,1-2H3. The van der Waals surface area contributed by atoms with E-state index in [9.17, 15) is 0 Å². The smallest absolute Gasteiger partial charge is 0.161 e. The highest BCUT2D eigenvalue weighted by Crippen LogP contribution is 2.26. The number of piperidine rings is 1. The van der Waals surface area contributed by atoms with Crippen LogP contribution in [0.5, 0.6) is 11.5 Å².